The number of hydrogen-bond acceptors (Lipinski definition) is 2. The highest BCUT2D eigenvalue weighted by Gasteiger charge is 2.14. The van der Waals surface area contributed by atoms with Crippen LogP contribution in [0.25, 0.3) is 11.0 Å². The fraction of sp³-hybridized carbons (Fsp3) is 0.500. The SMILES string of the molecule is CCC[NH+](CCC)Cc1cc(=O)oc2cc(C)cc(C)c12. The van der Waals surface area contributed by atoms with Crippen molar-refractivity contribution in [3.05, 3.63) is 45.3 Å². The summed E-state index contributed by atoms with van der Waals surface area (Å²) in [6.45, 7) is 11.7. The molecule has 2 rings (SSSR count). The van der Waals surface area contributed by atoms with Crippen LogP contribution in [0.15, 0.2) is 27.4 Å². The fourth-order valence-corrected chi connectivity index (χ4v) is 3.19. The maximum atomic E-state index is 11.8. The molecule has 0 unspecified atom stereocenters. The first kappa shape index (κ1) is 15.8. The molecule has 0 fully saturated rings. The van der Waals surface area contributed by atoms with Crippen molar-refractivity contribution in [2.45, 2.75) is 47.1 Å². The summed E-state index contributed by atoms with van der Waals surface area (Å²) in [6.07, 6.45) is 2.32. The first-order chi connectivity index (χ1) is 10.0. The molecule has 0 saturated heterocycles. The first-order valence-electron chi connectivity index (χ1n) is 7.92. The van der Waals surface area contributed by atoms with Crippen molar-refractivity contribution in [3.8, 4) is 0 Å². The Morgan fingerprint density at radius 2 is 1.71 bits per heavy atom. The Labute approximate surface area is 126 Å². The van der Waals surface area contributed by atoms with Crippen molar-refractivity contribution in [2.24, 2.45) is 0 Å². The average Bonchev–Trinajstić information content (AvgIpc) is 2.37. The lowest BCUT2D eigenvalue weighted by molar-refractivity contribution is -0.913. The van der Waals surface area contributed by atoms with Gasteiger partial charge in [0, 0.05) is 17.0 Å². The summed E-state index contributed by atoms with van der Waals surface area (Å²) >= 11 is 0. The highest BCUT2D eigenvalue weighted by atomic mass is 16.4. The molecule has 0 amide bonds. The molecule has 3 nitrogen and oxygen atoms in total. The Kier molecular flexibility index (Phi) is 5.18. The Morgan fingerprint density at radius 1 is 1.05 bits per heavy atom. The topological polar surface area (TPSA) is 34.7 Å². The molecule has 0 atom stereocenters. The van der Waals surface area contributed by atoms with Crippen LogP contribution in [0.5, 0.6) is 0 Å². The highest BCUT2D eigenvalue weighted by Crippen LogP contribution is 2.22. The second kappa shape index (κ2) is 6.90. The summed E-state index contributed by atoms with van der Waals surface area (Å²) in [4.78, 5) is 13.4. The minimum absolute atomic E-state index is 0.241. The standard InChI is InChI=1S/C18H25NO2/c1-5-7-19(8-6-2)12-15-11-17(20)21-16-10-13(3)9-14(4)18(15)16/h9-11H,5-8,12H2,1-4H3/p+1. The van der Waals surface area contributed by atoms with Crippen LogP contribution in [0.1, 0.15) is 43.4 Å². The lowest BCUT2D eigenvalue weighted by Gasteiger charge is -2.19. The molecule has 1 aromatic carbocycles. The van der Waals surface area contributed by atoms with Crippen LogP contribution >= 0.6 is 0 Å². The van der Waals surface area contributed by atoms with Gasteiger partial charge in [-0.2, -0.15) is 0 Å². The molecule has 1 N–H and O–H groups in total. The summed E-state index contributed by atoms with van der Waals surface area (Å²) in [5, 5.41) is 1.12. The van der Waals surface area contributed by atoms with Crippen molar-refractivity contribution in [1.82, 2.24) is 0 Å². The Balaban J connectivity index is 2.49. The van der Waals surface area contributed by atoms with Gasteiger partial charge >= 0.3 is 5.63 Å². The van der Waals surface area contributed by atoms with Crippen LogP contribution in [-0.2, 0) is 6.54 Å². The molecule has 0 aliphatic heterocycles. The second-order valence-electron chi connectivity index (χ2n) is 5.97. The highest BCUT2D eigenvalue weighted by molar-refractivity contribution is 5.84. The van der Waals surface area contributed by atoms with Crippen LogP contribution in [-0.4, -0.2) is 13.1 Å². The van der Waals surface area contributed by atoms with Crippen molar-refractivity contribution in [1.29, 1.82) is 0 Å². The number of quaternary nitrogens is 1. The van der Waals surface area contributed by atoms with Gasteiger partial charge in [0.15, 0.2) is 0 Å². The molecule has 3 heteroatoms. The molecule has 21 heavy (non-hydrogen) atoms. The lowest BCUT2D eigenvalue weighted by atomic mass is 10.0. The van der Waals surface area contributed by atoms with Crippen LogP contribution in [0.4, 0.5) is 0 Å². The van der Waals surface area contributed by atoms with Gasteiger partial charge in [0.05, 0.1) is 13.1 Å². The molecule has 2 aromatic rings. The van der Waals surface area contributed by atoms with Gasteiger partial charge in [0.1, 0.15) is 12.1 Å². The Morgan fingerprint density at radius 3 is 2.33 bits per heavy atom. The third-order valence-corrected chi connectivity index (χ3v) is 3.91. The van der Waals surface area contributed by atoms with Crippen molar-refractivity contribution < 1.29 is 9.32 Å². The molecule has 0 bridgehead atoms. The second-order valence-corrected chi connectivity index (χ2v) is 5.97. The molecular weight excluding hydrogens is 262 g/mol. The number of fused-ring (bicyclic) bond motifs is 1. The van der Waals surface area contributed by atoms with Crippen molar-refractivity contribution >= 4 is 11.0 Å². The summed E-state index contributed by atoms with van der Waals surface area (Å²) in [6, 6.07) is 5.80. The zero-order chi connectivity index (χ0) is 15.4. The van der Waals surface area contributed by atoms with E-state index in [0.29, 0.717) is 0 Å². The predicted octanol–water partition coefficient (Wildman–Crippen LogP) is 2.61. The van der Waals surface area contributed by atoms with E-state index in [0.717, 1.165) is 54.6 Å². The molecule has 0 radical (unpaired) electrons. The van der Waals surface area contributed by atoms with Crippen LogP contribution in [0, 0.1) is 13.8 Å². The van der Waals surface area contributed by atoms with Gasteiger partial charge in [-0.05, 0) is 43.9 Å². The van der Waals surface area contributed by atoms with Gasteiger partial charge in [-0.3, -0.25) is 0 Å². The van der Waals surface area contributed by atoms with Crippen molar-refractivity contribution in [3.63, 3.8) is 0 Å². The minimum Gasteiger partial charge on any atom is -0.423 e. The van der Waals surface area contributed by atoms with Gasteiger partial charge < -0.3 is 9.32 Å². The molecule has 114 valence electrons. The molecule has 0 aliphatic rings. The molecule has 0 spiro atoms. The van der Waals surface area contributed by atoms with E-state index in [1.54, 1.807) is 6.07 Å². The van der Waals surface area contributed by atoms with E-state index in [4.69, 9.17) is 4.42 Å². The normalized spacial score (nSPS) is 11.5. The minimum atomic E-state index is -0.241. The van der Waals surface area contributed by atoms with Gasteiger partial charge in [-0.1, -0.05) is 19.9 Å². The Bertz CT molecular complexity index is 667. The summed E-state index contributed by atoms with van der Waals surface area (Å²) in [5.74, 6) is 0. The quantitative estimate of drug-likeness (QED) is 0.829. The van der Waals surface area contributed by atoms with Crippen molar-refractivity contribution in [2.75, 3.05) is 13.1 Å². The van der Waals surface area contributed by atoms with E-state index in [1.165, 1.54) is 10.5 Å². The zero-order valence-corrected chi connectivity index (χ0v) is 13.6. The third-order valence-electron chi connectivity index (χ3n) is 3.91. The molecular formula is C18H26NO2+. The first-order valence-corrected chi connectivity index (χ1v) is 7.92. The summed E-state index contributed by atoms with van der Waals surface area (Å²) in [5.41, 5.74) is 3.93. The van der Waals surface area contributed by atoms with E-state index in [2.05, 4.69) is 26.8 Å². The van der Waals surface area contributed by atoms with E-state index < -0.39 is 0 Å². The van der Waals surface area contributed by atoms with Crippen LogP contribution < -0.4 is 10.5 Å². The van der Waals surface area contributed by atoms with Gasteiger partial charge in [-0.15, -0.1) is 0 Å². The number of rotatable bonds is 6. The van der Waals surface area contributed by atoms with Crippen LogP contribution in [0.3, 0.4) is 0 Å². The molecule has 0 saturated carbocycles. The maximum Gasteiger partial charge on any atom is 0.336 e. The fourth-order valence-electron chi connectivity index (χ4n) is 3.19. The summed E-state index contributed by atoms with van der Waals surface area (Å²) < 4.78 is 5.40. The number of benzene rings is 1. The number of hydrogen-bond donors (Lipinski definition) is 1. The van der Waals surface area contributed by atoms with Gasteiger partial charge in [-0.25, -0.2) is 4.79 Å². The number of nitrogens with one attached hydrogen (secondary N) is 1. The predicted molar refractivity (Wildman–Crippen MR) is 86.9 cm³/mol. The van der Waals surface area contributed by atoms with E-state index >= 15 is 0 Å². The average molecular weight is 288 g/mol. The smallest absolute Gasteiger partial charge is 0.336 e. The molecule has 1 heterocycles. The zero-order valence-electron chi connectivity index (χ0n) is 13.6. The van der Waals surface area contributed by atoms with E-state index in [-0.39, 0.29) is 5.63 Å². The van der Waals surface area contributed by atoms with Crippen LogP contribution in [0.2, 0.25) is 0 Å². The monoisotopic (exact) mass is 288 g/mol. The Hall–Kier alpha value is -1.61. The summed E-state index contributed by atoms with van der Waals surface area (Å²) in [7, 11) is 0. The lowest BCUT2D eigenvalue weighted by Crippen LogP contribution is -3.10. The molecule has 1 aromatic heterocycles. The van der Waals surface area contributed by atoms with Gasteiger partial charge in [0.25, 0.3) is 0 Å². The molecule has 0 aliphatic carbocycles. The van der Waals surface area contributed by atoms with E-state index in [1.807, 2.05) is 13.0 Å². The third kappa shape index (κ3) is 3.73. The van der Waals surface area contributed by atoms with Gasteiger partial charge in [0.2, 0.25) is 0 Å². The maximum absolute atomic E-state index is 11.8. The van der Waals surface area contributed by atoms with E-state index in [9.17, 15) is 4.79 Å². The number of aryl methyl sites for hydroxylation is 2. The largest absolute Gasteiger partial charge is 0.423 e.